The molecule has 2 amide bonds. The number of benzene rings is 2. The summed E-state index contributed by atoms with van der Waals surface area (Å²) in [6, 6.07) is 15.1. The molecule has 0 aromatic heterocycles. The van der Waals surface area contributed by atoms with Gasteiger partial charge in [-0.05, 0) is 34.1 Å². The Morgan fingerprint density at radius 3 is 2.12 bits per heavy atom. The predicted molar refractivity (Wildman–Crippen MR) is 127 cm³/mol. The number of aliphatic hydroxyl groups excluding tert-OH is 1. The van der Waals surface area contributed by atoms with E-state index in [-0.39, 0.29) is 50.4 Å². The molecule has 8 heteroatoms. The SMILES string of the molecule is CC(C)C(CNC(=O)OCC1c2ccccc2-c2ccccc21)CC(=O)NC(CCO)C(=O)O. The molecule has 3 rings (SSSR count). The third kappa shape index (κ3) is 6.14. The fraction of sp³-hybridized carbons (Fsp3) is 0.423. The molecular weight excluding hydrogens is 436 g/mol. The summed E-state index contributed by atoms with van der Waals surface area (Å²) in [5.74, 6) is -1.80. The number of carbonyl (C=O) groups is 3. The Morgan fingerprint density at radius 2 is 1.59 bits per heavy atom. The second kappa shape index (κ2) is 11.7. The first-order chi connectivity index (χ1) is 16.3. The van der Waals surface area contributed by atoms with Crippen molar-refractivity contribution in [3.8, 4) is 11.1 Å². The number of rotatable bonds is 11. The number of carbonyl (C=O) groups excluding carboxylic acids is 2. The van der Waals surface area contributed by atoms with E-state index in [1.807, 2.05) is 38.1 Å². The van der Waals surface area contributed by atoms with Crippen LogP contribution in [0.2, 0.25) is 0 Å². The smallest absolute Gasteiger partial charge is 0.407 e. The van der Waals surface area contributed by atoms with Crippen molar-refractivity contribution >= 4 is 18.0 Å². The quantitative estimate of drug-likeness (QED) is 0.402. The Morgan fingerprint density at radius 1 is 1.00 bits per heavy atom. The molecule has 1 aliphatic carbocycles. The van der Waals surface area contributed by atoms with Gasteiger partial charge >= 0.3 is 12.1 Å². The van der Waals surface area contributed by atoms with Crippen LogP contribution >= 0.6 is 0 Å². The van der Waals surface area contributed by atoms with E-state index >= 15 is 0 Å². The number of carboxylic acid groups (broad SMARTS) is 1. The normalized spacial score (nSPS) is 14.1. The molecule has 0 bridgehead atoms. The molecule has 34 heavy (non-hydrogen) atoms. The van der Waals surface area contributed by atoms with E-state index in [9.17, 15) is 14.4 Å². The van der Waals surface area contributed by atoms with Crippen molar-refractivity contribution < 1.29 is 29.3 Å². The topological polar surface area (TPSA) is 125 Å². The number of aliphatic carboxylic acids is 1. The van der Waals surface area contributed by atoms with Crippen molar-refractivity contribution in [3.05, 3.63) is 59.7 Å². The number of aliphatic hydroxyl groups is 1. The molecule has 0 aliphatic heterocycles. The second-order valence-corrected chi connectivity index (χ2v) is 8.89. The molecule has 0 radical (unpaired) electrons. The monoisotopic (exact) mass is 468 g/mol. The van der Waals surface area contributed by atoms with Crippen molar-refractivity contribution in [2.24, 2.45) is 11.8 Å². The van der Waals surface area contributed by atoms with Crippen molar-refractivity contribution in [3.63, 3.8) is 0 Å². The molecule has 0 fully saturated rings. The number of carboxylic acids is 1. The Bertz CT molecular complexity index is 976. The summed E-state index contributed by atoms with van der Waals surface area (Å²) in [6.45, 7) is 3.95. The summed E-state index contributed by atoms with van der Waals surface area (Å²) in [4.78, 5) is 36.0. The van der Waals surface area contributed by atoms with Crippen LogP contribution < -0.4 is 10.6 Å². The van der Waals surface area contributed by atoms with E-state index in [1.165, 1.54) is 0 Å². The number of ether oxygens (including phenoxy) is 1. The van der Waals surface area contributed by atoms with Crippen LogP contribution in [0.4, 0.5) is 4.79 Å². The van der Waals surface area contributed by atoms with Gasteiger partial charge in [0.05, 0.1) is 0 Å². The van der Waals surface area contributed by atoms with E-state index < -0.39 is 24.0 Å². The third-order valence-corrected chi connectivity index (χ3v) is 6.29. The lowest BCUT2D eigenvalue weighted by molar-refractivity contribution is -0.142. The summed E-state index contributed by atoms with van der Waals surface area (Å²) in [5.41, 5.74) is 4.56. The minimum Gasteiger partial charge on any atom is -0.480 e. The van der Waals surface area contributed by atoms with Gasteiger partial charge in [0.15, 0.2) is 0 Å². The maximum absolute atomic E-state index is 12.4. The fourth-order valence-electron chi connectivity index (χ4n) is 4.29. The van der Waals surface area contributed by atoms with E-state index in [1.54, 1.807) is 0 Å². The first kappa shape index (κ1) is 25.2. The highest BCUT2D eigenvalue weighted by atomic mass is 16.5. The highest BCUT2D eigenvalue weighted by Gasteiger charge is 2.29. The Labute approximate surface area is 199 Å². The maximum Gasteiger partial charge on any atom is 0.407 e. The van der Waals surface area contributed by atoms with Crippen molar-refractivity contribution in [2.75, 3.05) is 19.8 Å². The van der Waals surface area contributed by atoms with Crippen LogP contribution in [0, 0.1) is 11.8 Å². The second-order valence-electron chi connectivity index (χ2n) is 8.89. The molecule has 0 saturated carbocycles. The van der Waals surface area contributed by atoms with Crippen LogP contribution in [0.3, 0.4) is 0 Å². The van der Waals surface area contributed by atoms with Gasteiger partial charge in [-0.3, -0.25) is 4.79 Å². The summed E-state index contributed by atoms with van der Waals surface area (Å²) in [5, 5.41) is 23.3. The molecule has 0 saturated heterocycles. The van der Waals surface area contributed by atoms with Crippen molar-refractivity contribution in [2.45, 2.75) is 38.6 Å². The largest absolute Gasteiger partial charge is 0.480 e. The molecule has 2 unspecified atom stereocenters. The molecular formula is C26H32N2O6. The zero-order valence-electron chi connectivity index (χ0n) is 19.5. The molecule has 2 atom stereocenters. The zero-order chi connectivity index (χ0) is 24.7. The van der Waals surface area contributed by atoms with E-state index in [0.717, 1.165) is 22.3 Å². The first-order valence-electron chi connectivity index (χ1n) is 11.5. The number of hydrogen-bond acceptors (Lipinski definition) is 5. The third-order valence-electron chi connectivity index (χ3n) is 6.29. The van der Waals surface area contributed by atoms with Gasteiger partial charge in [-0.25, -0.2) is 9.59 Å². The molecule has 2 aromatic carbocycles. The number of alkyl carbamates (subject to hydrolysis) is 1. The predicted octanol–water partition coefficient (Wildman–Crippen LogP) is 3.14. The number of nitrogens with one attached hydrogen (secondary N) is 2. The lowest BCUT2D eigenvalue weighted by atomic mass is 9.92. The molecule has 0 spiro atoms. The van der Waals surface area contributed by atoms with Crippen LogP contribution in [-0.4, -0.2) is 54.0 Å². The van der Waals surface area contributed by atoms with Gasteiger partial charge < -0.3 is 25.6 Å². The highest BCUT2D eigenvalue weighted by Crippen LogP contribution is 2.44. The molecule has 182 valence electrons. The van der Waals surface area contributed by atoms with Gasteiger partial charge in [0.1, 0.15) is 12.6 Å². The zero-order valence-corrected chi connectivity index (χ0v) is 19.5. The van der Waals surface area contributed by atoms with Gasteiger partial charge in [-0.1, -0.05) is 62.4 Å². The van der Waals surface area contributed by atoms with Crippen LogP contribution in [0.1, 0.15) is 43.7 Å². The molecule has 4 N–H and O–H groups in total. The standard InChI is InChI=1S/C26H32N2O6/c1-16(2)17(13-24(30)28-23(11-12-29)25(31)32)14-27-26(33)34-15-22-20-9-5-3-7-18(20)19-8-4-6-10-21(19)22/h3-10,16-17,22-23,29H,11-15H2,1-2H3,(H,27,33)(H,28,30)(H,31,32). The van der Waals surface area contributed by atoms with Gasteiger partial charge in [0.25, 0.3) is 0 Å². The summed E-state index contributed by atoms with van der Waals surface area (Å²) in [7, 11) is 0. The van der Waals surface area contributed by atoms with Crippen LogP contribution in [0.25, 0.3) is 11.1 Å². The summed E-state index contributed by atoms with van der Waals surface area (Å²) < 4.78 is 5.55. The van der Waals surface area contributed by atoms with E-state index in [4.69, 9.17) is 14.9 Å². The lowest BCUT2D eigenvalue weighted by Gasteiger charge is -2.22. The van der Waals surface area contributed by atoms with Gasteiger partial charge in [-0.15, -0.1) is 0 Å². The fourth-order valence-corrected chi connectivity index (χ4v) is 4.29. The highest BCUT2D eigenvalue weighted by molar-refractivity contribution is 5.83. The van der Waals surface area contributed by atoms with Gasteiger partial charge in [0.2, 0.25) is 5.91 Å². The number of hydrogen-bond donors (Lipinski definition) is 4. The molecule has 8 nitrogen and oxygen atoms in total. The van der Waals surface area contributed by atoms with Crippen molar-refractivity contribution in [1.29, 1.82) is 0 Å². The Kier molecular flexibility index (Phi) is 8.65. The molecule has 1 aliphatic rings. The average Bonchev–Trinajstić information content (AvgIpc) is 3.13. The average molecular weight is 469 g/mol. The number of fused-ring (bicyclic) bond motifs is 3. The maximum atomic E-state index is 12.4. The van der Waals surface area contributed by atoms with Crippen LogP contribution in [0.5, 0.6) is 0 Å². The van der Waals surface area contributed by atoms with E-state index in [0.29, 0.717) is 0 Å². The van der Waals surface area contributed by atoms with Crippen molar-refractivity contribution in [1.82, 2.24) is 10.6 Å². The van der Waals surface area contributed by atoms with Crippen LogP contribution in [0.15, 0.2) is 48.5 Å². The van der Waals surface area contributed by atoms with Gasteiger partial charge in [-0.2, -0.15) is 0 Å². The Balaban J connectivity index is 1.53. The first-order valence-corrected chi connectivity index (χ1v) is 11.5. The minimum absolute atomic E-state index is 0.0377. The van der Waals surface area contributed by atoms with Gasteiger partial charge in [0, 0.05) is 31.9 Å². The van der Waals surface area contributed by atoms with E-state index in [2.05, 4.69) is 34.9 Å². The Hall–Kier alpha value is -3.39. The molecule has 0 heterocycles. The number of amides is 2. The van der Waals surface area contributed by atoms with Crippen LogP contribution in [-0.2, 0) is 14.3 Å². The minimum atomic E-state index is -1.19. The lowest BCUT2D eigenvalue weighted by Crippen LogP contribution is -2.43. The summed E-state index contributed by atoms with van der Waals surface area (Å²) >= 11 is 0. The summed E-state index contributed by atoms with van der Waals surface area (Å²) in [6.07, 6.45) is -0.571. The molecule has 2 aromatic rings.